The Hall–Kier alpha value is -3.60. The van der Waals surface area contributed by atoms with Gasteiger partial charge in [-0.2, -0.15) is 0 Å². The second-order valence-corrected chi connectivity index (χ2v) is 8.45. The largest absolute Gasteiger partial charge is 0.434 e. The minimum absolute atomic E-state index is 0.0866. The number of benzene rings is 1. The van der Waals surface area contributed by atoms with Crippen molar-refractivity contribution < 1.29 is 38.2 Å². The lowest BCUT2D eigenvalue weighted by atomic mass is 10.0. The van der Waals surface area contributed by atoms with Crippen LogP contribution in [0.3, 0.4) is 0 Å². The van der Waals surface area contributed by atoms with E-state index in [1.807, 2.05) is 6.08 Å². The lowest BCUT2D eigenvalue weighted by Crippen LogP contribution is -2.58. The van der Waals surface area contributed by atoms with Crippen LogP contribution >= 0.6 is 0 Å². The average molecular weight is 473 g/mol. The number of aliphatic hydroxyl groups is 1. The molecular weight excluding hydrogens is 449 g/mol. The van der Waals surface area contributed by atoms with Crippen LogP contribution in [0.5, 0.6) is 0 Å². The molecule has 0 aliphatic carbocycles. The van der Waals surface area contributed by atoms with Gasteiger partial charge in [0, 0.05) is 11.7 Å². The van der Waals surface area contributed by atoms with Crippen LogP contribution in [-0.4, -0.2) is 70.4 Å². The SMILES string of the molecule is O=CC(=O)N(c1ccc(F)cc1)[C@H]1C/C=C\C[C@@H]2CC[C@@H](C(=O)NC3CC(=O)OC3O)N2C1=O. The number of hydrogen-bond donors (Lipinski definition) is 2. The number of fused-ring (bicyclic) bond motifs is 1. The van der Waals surface area contributed by atoms with E-state index in [0.717, 1.165) is 17.0 Å². The summed E-state index contributed by atoms with van der Waals surface area (Å²) in [5, 5.41) is 12.4. The molecular formula is C23H24FN3O7. The van der Waals surface area contributed by atoms with Gasteiger partial charge in [-0.3, -0.25) is 28.9 Å². The molecule has 2 saturated heterocycles. The van der Waals surface area contributed by atoms with E-state index in [-0.39, 0.29) is 30.9 Å². The van der Waals surface area contributed by atoms with E-state index < -0.39 is 53.9 Å². The van der Waals surface area contributed by atoms with Gasteiger partial charge in [0.15, 0.2) is 0 Å². The van der Waals surface area contributed by atoms with Crippen LogP contribution in [0.2, 0.25) is 0 Å². The molecule has 180 valence electrons. The zero-order valence-corrected chi connectivity index (χ0v) is 18.1. The number of aliphatic hydroxyl groups excluding tert-OH is 1. The normalized spacial score (nSPS) is 29.5. The maximum Gasteiger partial charge on any atom is 0.310 e. The molecule has 0 saturated carbocycles. The Morgan fingerprint density at radius 2 is 1.85 bits per heavy atom. The summed E-state index contributed by atoms with van der Waals surface area (Å²) >= 11 is 0. The summed E-state index contributed by atoms with van der Waals surface area (Å²) in [5.41, 5.74) is 0.173. The van der Waals surface area contributed by atoms with Crippen LogP contribution in [0.1, 0.15) is 32.1 Å². The molecule has 10 nitrogen and oxygen atoms in total. The van der Waals surface area contributed by atoms with E-state index in [2.05, 4.69) is 10.1 Å². The molecule has 2 fully saturated rings. The van der Waals surface area contributed by atoms with Crippen molar-refractivity contribution in [2.24, 2.45) is 0 Å². The summed E-state index contributed by atoms with van der Waals surface area (Å²) in [4.78, 5) is 64.6. The summed E-state index contributed by atoms with van der Waals surface area (Å²) in [5.74, 6) is -3.22. The maximum absolute atomic E-state index is 13.8. The van der Waals surface area contributed by atoms with Gasteiger partial charge >= 0.3 is 5.97 Å². The van der Waals surface area contributed by atoms with Gasteiger partial charge in [0.05, 0.1) is 6.42 Å². The molecule has 0 radical (unpaired) electrons. The summed E-state index contributed by atoms with van der Waals surface area (Å²) in [6, 6.07) is 1.59. The number of aldehydes is 1. The van der Waals surface area contributed by atoms with E-state index in [1.165, 1.54) is 17.0 Å². The molecule has 4 rings (SSSR count). The predicted octanol–water partition coefficient (Wildman–Crippen LogP) is 0.186. The highest BCUT2D eigenvalue weighted by molar-refractivity contribution is 6.31. The van der Waals surface area contributed by atoms with Crippen LogP contribution in [0.4, 0.5) is 10.1 Å². The van der Waals surface area contributed by atoms with Crippen molar-refractivity contribution in [2.45, 2.75) is 62.6 Å². The Labute approximate surface area is 194 Å². The van der Waals surface area contributed by atoms with E-state index in [9.17, 15) is 33.5 Å². The number of cyclic esters (lactones) is 1. The van der Waals surface area contributed by atoms with Crippen molar-refractivity contribution in [3.63, 3.8) is 0 Å². The maximum atomic E-state index is 13.8. The number of esters is 1. The fourth-order valence-electron chi connectivity index (χ4n) is 4.74. The number of amides is 3. The number of rotatable bonds is 5. The number of nitrogens with one attached hydrogen (secondary N) is 1. The van der Waals surface area contributed by atoms with Gasteiger partial charge in [-0.05, 0) is 49.9 Å². The lowest BCUT2D eigenvalue weighted by molar-refractivity contribution is -0.155. The number of nitrogens with zero attached hydrogens (tertiary/aromatic N) is 2. The third kappa shape index (κ3) is 4.56. The molecule has 3 aliphatic rings. The first-order valence-electron chi connectivity index (χ1n) is 11.0. The van der Waals surface area contributed by atoms with Crippen molar-refractivity contribution in [3.8, 4) is 0 Å². The van der Waals surface area contributed by atoms with E-state index in [1.54, 1.807) is 6.08 Å². The molecule has 2 unspecified atom stereocenters. The molecule has 11 heteroatoms. The summed E-state index contributed by atoms with van der Waals surface area (Å²) < 4.78 is 18.1. The third-order valence-corrected chi connectivity index (χ3v) is 6.34. The van der Waals surface area contributed by atoms with Gasteiger partial charge in [-0.25, -0.2) is 4.39 Å². The summed E-state index contributed by atoms with van der Waals surface area (Å²) in [7, 11) is 0. The Bertz CT molecular complexity index is 1030. The highest BCUT2D eigenvalue weighted by Crippen LogP contribution is 2.32. The highest BCUT2D eigenvalue weighted by atomic mass is 19.1. The van der Waals surface area contributed by atoms with Gasteiger partial charge in [0.2, 0.25) is 24.4 Å². The number of carbonyl (C=O) groups is 5. The molecule has 5 atom stereocenters. The van der Waals surface area contributed by atoms with Gasteiger partial charge < -0.3 is 20.1 Å². The molecule has 1 aromatic carbocycles. The lowest BCUT2D eigenvalue weighted by Gasteiger charge is -2.37. The monoisotopic (exact) mass is 473 g/mol. The molecule has 1 aromatic rings. The van der Waals surface area contributed by atoms with Crippen LogP contribution in [0.15, 0.2) is 36.4 Å². The summed E-state index contributed by atoms with van der Waals surface area (Å²) in [6.07, 6.45) is 3.52. The first-order chi connectivity index (χ1) is 16.3. The van der Waals surface area contributed by atoms with Crippen LogP contribution in [0.25, 0.3) is 0 Å². The fourth-order valence-corrected chi connectivity index (χ4v) is 4.74. The first-order valence-corrected chi connectivity index (χ1v) is 11.0. The zero-order valence-electron chi connectivity index (χ0n) is 18.1. The van der Waals surface area contributed by atoms with E-state index in [0.29, 0.717) is 19.3 Å². The molecule has 3 amide bonds. The Morgan fingerprint density at radius 3 is 2.50 bits per heavy atom. The Balaban J connectivity index is 1.62. The quantitative estimate of drug-likeness (QED) is 0.270. The van der Waals surface area contributed by atoms with Crippen molar-refractivity contribution in [2.75, 3.05) is 4.90 Å². The first kappa shape index (κ1) is 23.6. The minimum Gasteiger partial charge on any atom is -0.434 e. The number of ether oxygens (including phenoxy) is 1. The number of anilines is 1. The smallest absolute Gasteiger partial charge is 0.310 e. The Kier molecular flexibility index (Phi) is 6.73. The third-order valence-electron chi connectivity index (χ3n) is 6.34. The highest BCUT2D eigenvalue weighted by Gasteiger charge is 2.46. The predicted molar refractivity (Wildman–Crippen MR) is 114 cm³/mol. The molecule has 3 heterocycles. The van der Waals surface area contributed by atoms with Crippen LogP contribution in [0, 0.1) is 5.82 Å². The topological polar surface area (TPSA) is 133 Å². The number of hydrogen-bond acceptors (Lipinski definition) is 7. The van der Waals surface area contributed by atoms with Gasteiger partial charge in [0.1, 0.15) is 23.9 Å². The Morgan fingerprint density at radius 1 is 1.15 bits per heavy atom. The van der Waals surface area contributed by atoms with Crippen molar-refractivity contribution >= 4 is 35.7 Å². The molecule has 0 bridgehead atoms. The van der Waals surface area contributed by atoms with Crippen LogP contribution < -0.4 is 10.2 Å². The van der Waals surface area contributed by atoms with Crippen molar-refractivity contribution in [1.29, 1.82) is 0 Å². The van der Waals surface area contributed by atoms with Gasteiger partial charge in [-0.15, -0.1) is 0 Å². The fraction of sp³-hybridized carbons (Fsp3) is 0.435. The van der Waals surface area contributed by atoms with Crippen molar-refractivity contribution in [3.05, 3.63) is 42.2 Å². The average Bonchev–Trinajstić information content (AvgIpc) is 3.36. The molecule has 0 aromatic heterocycles. The molecule has 2 N–H and O–H groups in total. The second-order valence-electron chi connectivity index (χ2n) is 8.45. The van der Waals surface area contributed by atoms with E-state index >= 15 is 0 Å². The van der Waals surface area contributed by atoms with Gasteiger partial charge in [-0.1, -0.05) is 12.2 Å². The summed E-state index contributed by atoms with van der Waals surface area (Å²) in [6.45, 7) is 0. The molecule has 3 aliphatic heterocycles. The van der Waals surface area contributed by atoms with E-state index in [4.69, 9.17) is 0 Å². The standard InChI is InChI=1S/C23H24FN3O7/c24-13-5-7-15(8-6-13)26(19(29)12-28)18-4-2-1-3-14-9-10-17(27(14)22(18)32)21(31)25-16-11-20(30)34-23(16)33/h1-2,5-8,12,14,16-18,23,33H,3-4,9-11H2,(H,25,31)/b2-1-/t14-,16?,17+,18+,23?/m1/s1. The minimum atomic E-state index is -1.47. The molecule has 0 spiro atoms. The van der Waals surface area contributed by atoms with Crippen molar-refractivity contribution in [1.82, 2.24) is 10.2 Å². The zero-order chi connectivity index (χ0) is 24.4. The molecule has 34 heavy (non-hydrogen) atoms. The number of halogens is 1. The van der Waals surface area contributed by atoms with Crippen LogP contribution in [-0.2, 0) is 28.7 Å². The number of carbonyl (C=O) groups excluding carboxylic acids is 5. The second kappa shape index (κ2) is 9.72. The van der Waals surface area contributed by atoms with Gasteiger partial charge in [0.25, 0.3) is 5.91 Å².